The number of anilines is 1. The van der Waals surface area contributed by atoms with Gasteiger partial charge in [-0.15, -0.1) is 11.3 Å². The Balaban J connectivity index is 3.08. The molecule has 5 heteroatoms. The maximum absolute atomic E-state index is 12.1. The second kappa shape index (κ2) is 6.20. The average molecular weight is 255 g/mol. The van der Waals surface area contributed by atoms with Crippen LogP contribution in [-0.4, -0.2) is 19.8 Å². The molecule has 2 N–H and O–H groups in total. The van der Waals surface area contributed by atoms with Crippen LogP contribution >= 0.6 is 11.3 Å². The molecule has 0 amide bonds. The zero-order valence-electron chi connectivity index (χ0n) is 9.70. The zero-order chi connectivity index (χ0) is 12.8. The first-order valence-electron chi connectivity index (χ1n) is 5.00. The van der Waals surface area contributed by atoms with Crippen molar-refractivity contribution in [1.82, 2.24) is 0 Å². The van der Waals surface area contributed by atoms with Crippen molar-refractivity contribution in [1.29, 1.82) is 0 Å². The summed E-state index contributed by atoms with van der Waals surface area (Å²) < 4.78 is 16.7. The van der Waals surface area contributed by atoms with Crippen molar-refractivity contribution in [3.8, 4) is 0 Å². The monoisotopic (exact) mass is 255 g/mol. The zero-order valence-corrected chi connectivity index (χ0v) is 10.5. The topological polar surface area (TPSA) is 52.3 Å². The molecule has 0 spiro atoms. The van der Waals surface area contributed by atoms with Crippen LogP contribution in [0.3, 0.4) is 0 Å². The number of nitrogens with two attached hydrogens (primary N) is 1. The average Bonchev–Trinajstić information content (AvgIpc) is 2.71. The van der Waals surface area contributed by atoms with E-state index in [0.29, 0.717) is 10.6 Å². The molecule has 1 aromatic rings. The van der Waals surface area contributed by atoms with Crippen molar-refractivity contribution >= 4 is 27.9 Å². The van der Waals surface area contributed by atoms with Gasteiger partial charge in [0.15, 0.2) is 0 Å². The van der Waals surface area contributed by atoms with Crippen molar-refractivity contribution < 1.29 is 13.9 Å². The first-order chi connectivity index (χ1) is 8.13. The van der Waals surface area contributed by atoms with Gasteiger partial charge in [-0.2, -0.15) is 0 Å². The predicted molar refractivity (Wildman–Crippen MR) is 68.8 cm³/mol. The minimum Gasteiger partial charge on any atom is -0.465 e. The van der Waals surface area contributed by atoms with E-state index in [9.17, 15) is 9.18 Å². The number of carbonyl (C=O) groups excluding carboxylic acids is 1. The summed E-state index contributed by atoms with van der Waals surface area (Å²) in [4.78, 5) is 12.2. The lowest BCUT2D eigenvalue weighted by Gasteiger charge is -1.95. The Labute approximate surface area is 103 Å². The number of ether oxygens (including phenoxy) is 1. The Morgan fingerprint density at radius 3 is 2.88 bits per heavy atom. The summed E-state index contributed by atoms with van der Waals surface area (Å²) >= 11 is 1.28. The Kier molecular flexibility index (Phi) is 4.90. The number of rotatable bonds is 4. The molecule has 0 radical (unpaired) electrons. The van der Waals surface area contributed by atoms with Gasteiger partial charge in [-0.25, -0.2) is 9.18 Å². The van der Waals surface area contributed by atoms with E-state index in [-0.39, 0.29) is 0 Å². The summed E-state index contributed by atoms with van der Waals surface area (Å²) in [6.45, 7) is 1.31. The number of allylic oxidation sites excluding steroid dienone is 4. The number of hydrogen-bond donors (Lipinski definition) is 1. The Morgan fingerprint density at radius 1 is 1.65 bits per heavy atom. The van der Waals surface area contributed by atoms with E-state index in [1.165, 1.54) is 24.5 Å². The molecule has 0 aliphatic heterocycles. The highest BCUT2D eigenvalue weighted by Gasteiger charge is 2.15. The van der Waals surface area contributed by atoms with Crippen LogP contribution < -0.4 is 5.73 Å². The van der Waals surface area contributed by atoms with Crippen molar-refractivity contribution in [3.05, 3.63) is 34.7 Å². The lowest BCUT2D eigenvalue weighted by atomic mass is 10.1. The fourth-order valence-corrected chi connectivity index (χ4v) is 2.28. The Bertz CT molecular complexity index is 463. The van der Waals surface area contributed by atoms with Crippen LogP contribution in [0.5, 0.6) is 0 Å². The van der Waals surface area contributed by atoms with Crippen LogP contribution in [0.4, 0.5) is 9.39 Å². The molecule has 0 fully saturated rings. The molecule has 0 bridgehead atoms. The number of methoxy groups -OCH3 is 1. The standard InChI is InChI=1S/C12H14FNO2S/c1-3-8(5-4-6-13)10-7-9(11(14)17-10)12(15)16-2/h3-5,7H,6,14H2,1-2H3/b5-4-,8-3+. The van der Waals surface area contributed by atoms with Gasteiger partial charge < -0.3 is 10.5 Å². The first-order valence-corrected chi connectivity index (χ1v) is 5.82. The molecule has 1 rings (SSSR count). The van der Waals surface area contributed by atoms with E-state index in [4.69, 9.17) is 5.73 Å². The molecule has 0 aliphatic carbocycles. The van der Waals surface area contributed by atoms with Crippen LogP contribution in [-0.2, 0) is 4.74 Å². The third-order valence-electron chi connectivity index (χ3n) is 2.15. The molecule has 0 aliphatic rings. The van der Waals surface area contributed by atoms with Gasteiger partial charge in [-0.1, -0.05) is 18.2 Å². The first kappa shape index (κ1) is 13.4. The van der Waals surface area contributed by atoms with Crippen molar-refractivity contribution in [2.24, 2.45) is 0 Å². The van der Waals surface area contributed by atoms with Gasteiger partial charge in [0.25, 0.3) is 0 Å². The molecule has 3 nitrogen and oxygen atoms in total. The minimum absolute atomic E-state index is 0.348. The van der Waals surface area contributed by atoms with E-state index in [0.717, 1.165) is 10.5 Å². The molecule has 0 saturated carbocycles. The number of halogens is 1. The van der Waals surface area contributed by atoms with Crippen molar-refractivity contribution in [2.45, 2.75) is 6.92 Å². The lowest BCUT2D eigenvalue weighted by molar-refractivity contribution is 0.0602. The van der Waals surface area contributed by atoms with E-state index in [2.05, 4.69) is 4.74 Å². The van der Waals surface area contributed by atoms with Crippen LogP contribution in [0.1, 0.15) is 22.2 Å². The van der Waals surface area contributed by atoms with E-state index < -0.39 is 12.6 Å². The van der Waals surface area contributed by atoms with Gasteiger partial charge in [-0.3, -0.25) is 0 Å². The van der Waals surface area contributed by atoms with Gasteiger partial charge >= 0.3 is 5.97 Å². The third-order valence-corrected chi connectivity index (χ3v) is 3.16. The summed E-state index contributed by atoms with van der Waals surface area (Å²) in [6, 6.07) is 1.66. The van der Waals surface area contributed by atoms with Crippen LogP contribution in [0.2, 0.25) is 0 Å². The number of esters is 1. The largest absolute Gasteiger partial charge is 0.465 e. The Morgan fingerprint density at radius 2 is 2.35 bits per heavy atom. The van der Waals surface area contributed by atoms with Gasteiger partial charge in [0, 0.05) is 4.88 Å². The predicted octanol–water partition coefficient (Wildman–Crippen LogP) is 3.05. The van der Waals surface area contributed by atoms with Crippen LogP contribution in [0, 0.1) is 0 Å². The second-order valence-corrected chi connectivity index (χ2v) is 4.26. The number of nitrogen functional groups attached to an aromatic ring is 1. The highest BCUT2D eigenvalue weighted by molar-refractivity contribution is 7.17. The van der Waals surface area contributed by atoms with Gasteiger partial charge in [-0.05, 0) is 18.6 Å². The molecular weight excluding hydrogens is 241 g/mol. The van der Waals surface area contributed by atoms with Crippen molar-refractivity contribution in [2.75, 3.05) is 19.5 Å². The van der Waals surface area contributed by atoms with E-state index >= 15 is 0 Å². The molecule has 17 heavy (non-hydrogen) atoms. The molecule has 1 aromatic heterocycles. The minimum atomic E-state index is -0.526. The molecule has 0 aromatic carbocycles. The maximum Gasteiger partial charge on any atom is 0.340 e. The highest BCUT2D eigenvalue weighted by atomic mass is 32.1. The highest BCUT2D eigenvalue weighted by Crippen LogP contribution is 2.31. The molecule has 0 atom stereocenters. The number of thiophene rings is 1. The number of alkyl halides is 1. The fraction of sp³-hybridized carbons (Fsp3) is 0.250. The van der Waals surface area contributed by atoms with Crippen LogP contribution in [0.25, 0.3) is 5.57 Å². The third kappa shape index (κ3) is 3.17. The fourth-order valence-electron chi connectivity index (χ4n) is 1.31. The smallest absolute Gasteiger partial charge is 0.340 e. The molecule has 1 heterocycles. The molecule has 0 saturated heterocycles. The molecular formula is C12H14FNO2S. The maximum atomic E-state index is 12.1. The lowest BCUT2D eigenvalue weighted by Crippen LogP contribution is -2.01. The quantitative estimate of drug-likeness (QED) is 0.664. The number of carbonyl (C=O) groups is 1. The van der Waals surface area contributed by atoms with Gasteiger partial charge in [0.2, 0.25) is 0 Å². The molecule has 92 valence electrons. The summed E-state index contributed by atoms with van der Waals surface area (Å²) in [5, 5.41) is 0.403. The summed E-state index contributed by atoms with van der Waals surface area (Å²) in [6.07, 6.45) is 4.90. The van der Waals surface area contributed by atoms with E-state index in [1.54, 1.807) is 12.1 Å². The van der Waals surface area contributed by atoms with Gasteiger partial charge in [0.05, 0.1) is 12.7 Å². The van der Waals surface area contributed by atoms with Crippen molar-refractivity contribution in [3.63, 3.8) is 0 Å². The van der Waals surface area contributed by atoms with Crippen LogP contribution in [0.15, 0.2) is 24.3 Å². The van der Waals surface area contributed by atoms with E-state index in [1.807, 2.05) is 13.0 Å². The number of hydrogen-bond acceptors (Lipinski definition) is 4. The second-order valence-electron chi connectivity index (χ2n) is 3.18. The SMILES string of the molecule is C/C=C(\C=C/CF)c1cc(C(=O)OC)c(N)s1. The summed E-state index contributed by atoms with van der Waals surface area (Å²) in [5.41, 5.74) is 6.91. The van der Waals surface area contributed by atoms with Gasteiger partial charge in [0.1, 0.15) is 11.7 Å². The summed E-state index contributed by atoms with van der Waals surface area (Å²) in [7, 11) is 1.30. The Hall–Kier alpha value is -1.62. The summed E-state index contributed by atoms with van der Waals surface area (Å²) in [5.74, 6) is -0.463. The molecule has 0 unspecified atom stereocenters. The normalized spacial score (nSPS) is 12.1.